The number of tetrazole rings is 1. The number of aromatic nitrogens is 6. The Morgan fingerprint density at radius 3 is 2.39 bits per heavy atom. The van der Waals surface area contributed by atoms with E-state index in [1.807, 2.05) is 22.8 Å². The summed E-state index contributed by atoms with van der Waals surface area (Å²) >= 11 is 0. The predicted octanol–water partition coefficient (Wildman–Crippen LogP) is 5.95. The molecule has 188 valence electrons. The Morgan fingerprint density at radius 1 is 1.00 bits per heavy atom. The largest absolute Gasteiger partial charge is 0.329 e. The van der Waals surface area contributed by atoms with E-state index in [0.717, 1.165) is 47.9 Å². The van der Waals surface area contributed by atoms with Crippen molar-refractivity contribution in [3.63, 3.8) is 0 Å². The van der Waals surface area contributed by atoms with E-state index < -0.39 is 0 Å². The molecule has 0 spiro atoms. The summed E-state index contributed by atoms with van der Waals surface area (Å²) < 4.78 is 4.15. The Bertz CT molecular complexity index is 1340. The second kappa shape index (κ2) is 10.6. The average Bonchev–Trinajstić information content (AvgIpc) is 3.51. The highest BCUT2D eigenvalue weighted by Crippen LogP contribution is 2.31. The molecule has 1 aliphatic carbocycles. The molecule has 0 amide bonds. The molecule has 5 rings (SSSR count). The third-order valence-corrected chi connectivity index (χ3v) is 7.56. The average molecular weight is 485 g/mol. The molecule has 0 radical (unpaired) electrons. The number of nitrogens with one attached hydrogen (secondary N) is 1. The molecule has 2 aromatic heterocycles. The number of aromatic amines is 1. The van der Waals surface area contributed by atoms with Crippen LogP contribution in [0.3, 0.4) is 0 Å². The van der Waals surface area contributed by atoms with E-state index in [2.05, 4.69) is 76.3 Å². The van der Waals surface area contributed by atoms with Crippen molar-refractivity contribution in [2.75, 3.05) is 0 Å². The van der Waals surface area contributed by atoms with Crippen LogP contribution in [-0.2, 0) is 13.0 Å². The Morgan fingerprint density at radius 2 is 1.72 bits per heavy atom. The van der Waals surface area contributed by atoms with Crippen LogP contribution < -0.4 is 5.69 Å². The number of hydrogen-bond acceptors (Lipinski definition) is 4. The molecule has 0 saturated heterocycles. The van der Waals surface area contributed by atoms with E-state index >= 15 is 0 Å². The molecule has 1 aliphatic rings. The van der Waals surface area contributed by atoms with Crippen LogP contribution in [0.4, 0.5) is 0 Å². The minimum atomic E-state index is 0.157. The van der Waals surface area contributed by atoms with Gasteiger partial charge in [-0.25, -0.2) is 4.79 Å². The molecule has 0 unspecified atom stereocenters. The quantitative estimate of drug-likeness (QED) is 0.335. The van der Waals surface area contributed by atoms with E-state index in [4.69, 9.17) is 0 Å². The van der Waals surface area contributed by atoms with E-state index in [1.165, 1.54) is 30.7 Å². The van der Waals surface area contributed by atoms with Crippen LogP contribution >= 0.6 is 0 Å². The number of nitrogens with zero attached hydrogens (tertiary/aromatic N) is 5. The first kappa shape index (κ1) is 24.2. The second-order valence-corrected chi connectivity index (χ2v) is 10.5. The van der Waals surface area contributed by atoms with Gasteiger partial charge < -0.3 is 0 Å². The fraction of sp³-hybridized carbons (Fsp3) is 0.448. The molecule has 36 heavy (non-hydrogen) atoms. The van der Waals surface area contributed by atoms with Crippen molar-refractivity contribution >= 4 is 0 Å². The number of benzene rings is 2. The minimum Gasteiger partial charge on any atom is -0.293 e. The molecule has 0 atom stereocenters. The lowest BCUT2D eigenvalue weighted by molar-refractivity contribution is 0.340. The summed E-state index contributed by atoms with van der Waals surface area (Å²) in [5.74, 6) is 1.18. The standard InChI is InChI=1S/C29H36N6O/c1-20(2)13-18-27-21(3)35(24-9-5-4-6-10-24)29(36)34(27)19-22-14-16-23(17-15-22)25-11-7-8-12-26(25)28-30-32-33-31-28/h7-8,11-12,14-17,20,24H,4-6,9-10,13,18-19H2,1-3H3,(H,30,31,32,33). The first-order valence-electron chi connectivity index (χ1n) is 13.3. The Labute approximate surface area is 212 Å². The predicted molar refractivity (Wildman–Crippen MR) is 143 cm³/mol. The molecule has 0 aliphatic heterocycles. The highest BCUT2D eigenvalue weighted by Gasteiger charge is 2.24. The molecule has 7 heteroatoms. The van der Waals surface area contributed by atoms with E-state index in [-0.39, 0.29) is 5.69 Å². The second-order valence-electron chi connectivity index (χ2n) is 10.5. The Kier molecular flexibility index (Phi) is 7.16. The first-order valence-corrected chi connectivity index (χ1v) is 13.3. The summed E-state index contributed by atoms with van der Waals surface area (Å²) in [5.41, 5.74) is 6.73. The highest BCUT2D eigenvalue weighted by atomic mass is 16.1. The summed E-state index contributed by atoms with van der Waals surface area (Å²) in [7, 11) is 0. The van der Waals surface area contributed by atoms with Gasteiger partial charge >= 0.3 is 5.69 Å². The first-order chi connectivity index (χ1) is 17.5. The number of rotatable bonds is 8. The van der Waals surface area contributed by atoms with Gasteiger partial charge in [0.2, 0.25) is 5.82 Å². The van der Waals surface area contributed by atoms with Gasteiger partial charge in [-0.05, 0) is 60.4 Å². The normalized spacial score (nSPS) is 14.6. The summed E-state index contributed by atoms with van der Waals surface area (Å²) in [5, 5.41) is 14.6. The van der Waals surface area contributed by atoms with Crippen molar-refractivity contribution in [1.82, 2.24) is 29.8 Å². The fourth-order valence-corrected chi connectivity index (χ4v) is 5.57. The molecule has 0 bridgehead atoms. The Balaban J connectivity index is 1.46. The van der Waals surface area contributed by atoms with E-state index in [9.17, 15) is 4.79 Å². The van der Waals surface area contributed by atoms with Crippen LogP contribution in [0, 0.1) is 12.8 Å². The van der Waals surface area contributed by atoms with Crippen molar-refractivity contribution in [3.05, 3.63) is 76.0 Å². The molecule has 2 heterocycles. The van der Waals surface area contributed by atoms with Gasteiger partial charge in [-0.2, -0.15) is 5.21 Å². The van der Waals surface area contributed by atoms with Gasteiger partial charge in [-0.3, -0.25) is 9.13 Å². The van der Waals surface area contributed by atoms with Gasteiger partial charge in [-0.1, -0.05) is 81.6 Å². The summed E-state index contributed by atoms with van der Waals surface area (Å²) in [6, 6.07) is 16.9. The maximum Gasteiger partial charge on any atom is 0.329 e. The van der Waals surface area contributed by atoms with Gasteiger partial charge in [-0.15, -0.1) is 10.2 Å². The molecular weight excluding hydrogens is 448 g/mol. The number of H-pyrrole nitrogens is 1. The van der Waals surface area contributed by atoms with Crippen LogP contribution in [0.25, 0.3) is 22.5 Å². The van der Waals surface area contributed by atoms with Gasteiger partial charge in [0.15, 0.2) is 0 Å². The molecule has 1 fully saturated rings. The molecule has 4 aromatic rings. The van der Waals surface area contributed by atoms with Gasteiger partial charge in [0.25, 0.3) is 0 Å². The fourth-order valence-electron chi connectivity index (χ4n) is 5.57. The monoisotopic (exact) mass is 484 g/mol. The van der Waals surface area contributed by atoms with Gasteiger partial charge in [0.05, 0.1) is 6.54 Å². The highest BCUT2D eigenvalue weighted by molar-refractivity contribution is 5.80. The summed E-state index contributed by atoms with van der Waals surface area (Å²) in [6.07, 6.45) is 7.97. The SMILES string of the molecule is Cc1c(CCC(C)C)n(Cc2ccc(-c3ccccc3-c3nn[nH]n3)cc2)c(=O)n1C1CCCCC1. The smallest absolute Gasteiger partial charge is 0.293 e. The lowest BCUT2D eigenvalue weighted by Crippen LogP contribution is -2.29. The Hall–Kier alpha value is -3.48. The van der Waals surface area contributed by atoms with Crippen molar-refractivity contribution < 1.29 is 0 Å². The molecule has 1 saturated carbocycles. The van der Waals surface area contributed by atoms with Gasteiger partial charge in [0.1, 0.15) is 0 Å². The molecule has 2 aromatic carbocycles. The van der Waals surface area contributed by atoms with Crippen molar-refractivity contribution in [2.45, 2.75) is 78.3 Å². The van der Waals surface area contributed by atoms with Crippen LogP contribution in [0.1, 0.15) is 75.4 Å². The van der Waals surface area contributed by atoms with Crippen molar-refractivity contribution in [1.29, 1.82) is 0 Å². The summed E-state index contributed by atoms with van der Waals surface area (Å²) in [4.78, 5) is 13.7. The lowest BCUT2D eigenvalue weighted by Gasteiger charge is -2.23. The summed E-state index contributed by atoms with van der Waals surface area (Å²) in [6.45, 7) is 7.25. The maximum atomic E-state index is 13.7. The van der Waals surface area contributed by atoms with Crippen LogP contribution in [0.5, 0.6) is 0 Å². The third kappa shape index (κ3) is 4.92. The van der Waals surface area contributed by atoms with Crippen LogP contribution in [0.15, 0.2) is 53.3 Å². The molecule has 7 nitrogen and oxygen atoms in total. The topological polar surface area (TPSA) is 81.4 Å². The van der Waals surface area contributed by atoms with Crippen LogP contribution in [0.2, 0.25) is 0 Å². The molecule has 1 N–H and O–H groups in total. The van der Waals surface area contributed by atoms with Crippen LogP contribution in [-0.4, -0.2) is 29.8 Å². The zero-order chi connectivity index (χ0) is 25.1. The van der Waals surface area contributed by atoms with E-state index in [0.29, 0.717) is 24.3 Å². The van der Waals surface area contributed by atoms with Crippen molar-refractivity contribution in [3.8, 4) is 22.5 Å². The molecular formula is C29H36N6O. The zero-order valence-electron chi connectivity index (χ0n) is 21.6. The number of hydrogen-bond donors (Lipinski definition) is 1. The third-order valence-electron chi connectivity index (χ3n) is 7.56. The number of imidazole rings is 1. The van der Waals surface area contributed by atoms with E-state index in [1.54, 1.807) is 0 Å². The van der Waals surface area contributed by atoms with Gasteiger partial charge in [0, 0.05) is 23.0 Å². The van der Waals surface area contributed by atoms with Crippen molar-refractivity contribution in [2.24, 2.45) is 5.92 Å². The maximum absolute atomic E-state index is 13.7. The minimum absolute atomic E-state index is 0.157. The zero-order valence-corrected chi connectivity index (χ0v) is 21.6. The lowest BCUT2D eigenvalue weighted by atomic mass is 9.95.